The molecule has 1 amide bonds. The number of rotatable bonds is 5. The molecular formula is C22H18N4O2. The number of amides is 1. The number of pyridine rings is 2. The summed E-state index contributed by atoms with van der Waals surface area (Å²) in [4.78, 5) is 22.0. The van der Waals surface area contributed by atoms with Gasteiger partial charge in [-0.2, -0.15) is 0 Å². The summed E-state index contributed by atoms with van der Waals surface area (Å²) in [5.74, 6) is 0.220. The highest BCUT2D eigenvalue weighted by molar-refractivity contribution is 6.09. The first kappa shape index (κ1) is 16.6. The number of carbonyl (C=O) groups is 1. The Morgan fingerprint density at radius 1 is 1.11 bits per heavy atom. The molecule has 5 rings (SSSR count). The van der Waals surface area contributed by atoms with Crippen molar-refractivity contribution >= 4 is 17.0 Å². The van der Waals surface area contributed by atoms with Crippen LogP contribution in [0, 0.1) is 0 Å². The maximum atomic E-state index is 13.1. The van der Waals surface area contributed by atoms with Crippen molar-refractivity contribution in [2.75, 3.05) is 0 Å². The van der Waals surface area contributed by atoms with Gasteiger partial charge in [-0.3, -0.25) is 9.78 Å². The standard InChI is InChI=1S/C22H18N4O2/c27-21(24-13-16-8-4-5-11-23-16)17-12-18(14-9-10-14)25-22-19(17)20(26-28-22)15-6-2-1-3-7-15/h1-8,11-12,14H,9-10,13H2,(H,24,27). The Bertz CT molecular complexity index is 1140. The maximum absolute atomic E-state index is 13.1. The van der Waals surface area contributed by atoms with Crippen LogP contribution >= 0.6 is 0 Å². The molecule has 0 bridgehead atoms. The van der Waals surface area contributed by atoms with Crippen LogP contribution in [0.5, 0.6) is 0 Å². The zero-order valence-electron chi connectivity index (χ0n) is 15.1. The van der Waals surface area contributed by atoms with Gasteiger partial charge in [0.2, 0.25) is 0 Å². The monoisotopic (exact) mass is 370 g/mol. The first-order chi connectivity index (χ1) is 13.8. The van der Waals surface area contributed by atoms with Crippen LogP contribution in [0.1, 0.15) is 40.5 Å². The van der Waals surface area contributed by atoms with E-state index in [9.17, 15) is 4.79 Å². The van der Waals surface area contributed by atoms with Gasteiger partial charge in [-0.15, -0.1) is 0 Å². The predicted molar refractivity (Wildman–Crippen MR) is 105 cm³/mol. The van der Waals surface area contributed by atoms with E-state index in [0.717, 1.165) is 29.8 Å². The van der Waals surface area contributed by atoms with Gasteiger partial charge in [0.1, 0.15) is 5.69 Å². The van der Waals surface area contributed by atoms with E-state index < -0.39 is 0 Å². The van der Waals surface area contributed by atoms with Gasteiger partial charge in [-0.05, 0) is 31.0 Å². The molecule has 0 unspecified atom stereocenters. The van der Waals surface area contributed by atoms with Gasteiger partial charge in [0.05, 0.1) is 23.2 Å². The van der Waals surface area contributed by atoms with E-state index in [0.29, 0.717) is 34.8 Å². The summed E-state index contributed by atoms with van der Waals surface area (Å²) < 4.78 is 5.52. The number of hydrogen-bond acceptors (Lipinski definition) is 5. The van der Waals surface area contributed by atoms with E-state index in [1.165, 1.54) is 0 Å². The molecule has 28 heavy (non-hydrogen) atoms. The van der Waals surface area contributed by atoms with Crippen molar-refractivity contribution in [3.63, 3.8) is 0 Å². The summed E-state index contributed by atoms with van der Waals surface area (Å²) in [6.45, 7) is 0.355. The normalized spacial score (nSPS) is 13.6. The molecule has 1 aliphatic rings. The topological polar surface area (TPSA) is 80.9 Å². The number of nitrogens with zero attached hydrogens (tertiary/aromatic N) is 3. The van der Waals surface area contributed by atoms with Gasteiger partial charge in [-0.25, -0.2) is 4.98 Å². The summed E-state index contributed by atoms with van der Waals surface area (Å²) in [7, 11) is 0. The fourth-order valence-corrected chi connectivity index (χ4v) is 3.30. The van der Waals surface area contributed by atoms with Crippen LogP contribution in [0.4, 0.5) is 0 Å². The minimum absolute atomic E-state index is 0.180. The lowest BCUT2D eigenvalue weighted by molar-refractivity contribution is 0.0952. The smallest absolute Gasteiger partial charge is 0.259 e. The van der Waals surface area contributed by atoms with Crippen molar-refractivity contribution in [3.8, 4) is 11.3 Å². The van der Waals surface area contributed by atoms with Gasteiger partial charge in [-0.1, -0.05) is 41.6 Å². The summed E-state index contributed by atoms with van der Waals surface area (Å²) in [6.07, 6.45) is 3.89. The summed E-state index contributed by atoms with van der Waals surface area (Å²) in [5.41, 5.74) is 4.17. The Balaban J connectivity index is 1.57. The van der Waals surface area contributed by atoms with E-state index in [-0.39, 0.29) is 5.91 Å². The summed E-state index contributed by atoms with van der Waals surface area (Å²) in [6, 6.07) is 17.2. The molecule has 1 N–H and O–H groups in total. The first-order valence-corrected chi connectivity index (χ1v) is 9.33. The molecule has 1 aliphatic carbocycles. The van der Waals surface area contributed by atoms with Gasteiger partial charge < -0.3 is 9.84 Å². The molecule has 1 aromatic carbocycles. The number of hydrogen-bond donors (Lipinski definition) is 1. The highest BCUT2D eigenvalue weighted by Crippen LogP contribution is 2.41. The Hall–Kier alpha value is -3.54. The third kappa shape index (κ3) is 3.13. The average molecular weight is 370 g/mol. The van der Waals surface area contributed by atoms with E-state index >= 15 is 0 Å². The molecular weight excluding hydrogens is 352 g/mol. The lowest BCUT2D eigenvalue weighted by Crippen LogP contribution is -2.23. The van der Waals surface area contributed by atoms with Crippen LogP contribution in [-0.4, -0.2) is 21.0 Å². The van der Waals surface area contributed by atoms with Crippen LogP contribution in [0.15, 0.2) is 65.3 Å². The summed E-state index contributed by atoms with van der Waals surface area (Å²) >= 11 is 0. The molecule has 0 spiro atoms. The minimum Gasteiger partial charge on any atom is -0.346 e. The molecule has 0 atom stereocenters. The van der Waals surface area contributed by atoms with Crippen LogP contribution < -0.4 is 5.32 Å². The van der Waals surface area contributed by atoms with Crippen molar-refractivity contribution in [3.05, 3.63) is 77.7 Å². The molecule has 0 saturated heterocycles. The number of nitrogens with one attached hydrogen (secondary N) is 1. The molecule has 138 valence electrons. The van der Waals surface area contributed by atoms with Gasteiger partial charge in [0.25, 0.3) is 11.6 Å². The van der Waals surface area contributed by atoms with Crippen molar-refractivity contribution in [2.24, 2.45) is 0 Å². The SMILES string of the molecule is O=C(NCc1ccccn1)c1cc(C2CC2)nc2onc(-c3ccccc3)c12. The molecule has 1 saturated carbocycles. The van der Waals surface area contributed by atoms with E-state index in [1.807, 2.05) is 54.6 Å². The van der Waals surface area contributed by atoms with Crippen molar-refractivity contribution in [1.29, 1.82) is 0 Å². The Morgan fingerprint density at radius 2 is 1.93 bits per heavy atom. The van der Waals surface area contributed by atoms with Crippen molar-refractivity contribution < 1.29 is 9.32 Å². The lowest BCUT2D eigenvalue weighted by Gasteiger charge is -2.08. The molecule has 3 aromatic heterocycles. The second-order valence-electron chi connectivity index (χ2n) is 6.95. The highest BCUT2D eigenvalue weighted by atomic mass is 16.5. The molecule has 3 heterocycles. The molecule has 0 radical (unpaired) electrons. The van der Waals surface area contributed by atoms with Gasteiger partial charge >= 0.3 is 0 Å². The van der Waals surface area contributed by atoms with Crippen LogP contribution in [-0.2, 0) is 6.54 Å². The third-order valence-electron chi connectivity index (χ3n) is 4.91. The quantitative estimate of drug-likeness (QED) is 0.572. The second-order valence-corrected chi connectivity index (χ2v) is 6.95. The van der Waals surface area contributed by atoms with Crippen LogP contribution in [0.3, 0.4) is 0 Å². The first-order valence-electron chi connectivity index (χ1n) is 9.33. The van der Waals surface area contributed by atoms with Gasteiger partial charge in [0, 0.05) is 23.4 Å². The maximum Gasteiger partial charge on any atom is 0.259 e. The molecule has 0 aliphatic heterocycles. The van der Waals surface area contributed by atoms with E-state index in [2.05, 4.69) is 20.4 Å². The Labute approximate surface area is 161 Å². The Morgan fingerprint density at radius 3 is 2.68 bits per heavy atom. The molecule has 6 heteroatoms. The fourth-order valence-electron chi connectivity index (χ4n) is 3.30. The number of benzene rings is 1. The van der Waals surface area contributed by atoms with E-state index in [4.69, 9.17) is 4.52 Å². The zero-order valence-corrected chi connectivity index (χ0v) is 15.1. The average Bonchev–Trinajstić information content (AvgIpc) is 3.52. The van der Waals surface area contributed by atoms with Crippen molar-refractivity contribution in [2.45, 2.75) is 25.3 Å². The van der Waals surface area contributed by atoms with Crippen molar-refractivity contribution in [1.82, 2.24) is 20.4 Å². The lowest BCUT2D eigenvalue weighted by atomic mass is 10.0. The van der Waals surface area contributed by atoms with Crippen LogP contribution in [0.2, 0.25) is 0 Å². The largest absolute Gasteiger partial charge is 0.346 e. The number of carbonyl (C=O) groups excluding carboxylic acids is 1. The molecule has 4 aromatic rings. The second kappa shape index (κ2) is 6.88. The highest BCUT2D eigenvalue weighted by Gasteiger charge is 2.29. The number of fused-ring (bicyclic) bond motifs is 1. The minimum atomic E-state index is -0.180. The fraction of sp³-hybridized carbons (Fsp3) is 0.182. The third-order valence-corrected chi connectivity index (χ3v) is 4.91. The summed E-state index contributed by atoms with van der Waals surface area (Å²) in [5, 5.41) is 7.83. The zero-order chi connectivity index (χ0) is 18.9. The van der Waals surface area contributed by atoms with Gasteiger partial charge in [0.15, 0.2) is 0 Å². The Kier molecular flexibility index (Phi) is 4.09. The number of aromatic nitrogens is 3. The molecule has 1 fully saturated rings. The predicted octanol–water partition coefficient (Wildman–Crippen LogP) is 4.09. The van der Waals surface area contributed by atoms with E-state index in [1.54, 1.807) is 6.20 Å². The van der Waals surface area contributed by atoms with Crippen LogP contribution in [0.25, 0.3) is 22.4 Å². The molecule has 6 nitrogen and oxygen atoms in total.